The normalized spacial score (nSPS) is 11.9. The van der Waals surface area contributed by atoms with Gasteiger partial charge in [-0.3, -0.25) is 4.79 Å². The van der Waals surface area contributed by atoms with E-state index in [9.17, 15) is 4.79 Å². The number of hydrogen-bond donors (Lipinski definition) is 1. The molecule has 0 aromatic heterocycles. The highest BCUT2D eigenvalue weighted by Gasteiger charge is 2.08. The van der Waals surface area contributed by atoms with Crippen LogP contribution in [-0.2, 0) is 11.2 Å². The lowest BCUT2D eigenvalue weighted by Gasteiger charge is -2.13. The first-order chi connectivity index (χ1) is 9.65. The second kappa shape index (κ2) is 9.40. The molecule has 20 heavy (non-hydrogen) atoms. The Morgan fingerprint density at radius 1 is 1.20 bits per heavy atom. The van der Waals surface area contributed by atoms with Crippen LogP contribution in [0.3, 0.4) is 0 Å². The maximum atomic E-state index is 11.9. The minimum Gasteiger partial charge on any atom is -0.494 e. The molecular weight excluding hydrogens is 250 g/mol. The maximum absolute atomic E-state index is 11.9. The Bertz CT molecular complexity index is 386. The summed E-state index contributed by atoms with van der Waals surface area (Å²) in [6.45, 7) is 6.89. The Morgan fingerprint density at radius 3 is 2.50 bits per heavy atom. The average molecular weight is 277 g/mol. The summed E-state index contributed by atoms with van der Waals surface area (Å²) in [5.74, 6) is 0.947. The number of unbranched alkanes of at least 4 members (excludes halogenated alkanes) is 2. The second-order valence-corrected chi connectivity index (χ2v) is 5.22. The molecule has 1 rings (SSSR count). The molecule has 0 bridgehead atoms. The first-order valence-electron chi connectivity index (χ1n) is 7.66. The molecule has 1 amide bonds. The van der Waals surface area contributed by atoms with Crippen molar-refractivity contribution in [1.29, 1.82) is 0 Å². The fourth-order valence-electron chi connectivity index (χ4n) is 2.15. The van der Waals surface area contributed by atoms with E-state index in [1.54, 1.807) is 0 Å². The molecule has 3 nitrogen and oxygen atoms in total. The molecule has 1 aromatic carbocycles. The van der Waals surface area contributed by atoms with Gasteiger partial charge in [0.2, 0.25) is 5.91 Å². The molecule has 1 N–H and O–H groups in total. The average Bonchev–Trinajstić information content (AvgIpc) is 2.41. The minimum atomic E-state index is 0.0955. The van der Waals surface area contributed by atoms with Crippen LogP contribution in [0.15, 0.2) is 24.3 Å². The molecule has 0 aliphatic carbocycles. The van der Waals surface area contributed by atoms with Crippen molar-refractivity contribution in [3.05, 3.63) is 29.8 Å². The molecule has 0 heterocycles. The van der Waals surface area contributed by atoms with Crippen molar-refractivity contribution in [3.63, 3.8) is 0 Å². The molecule has 0 saturated carbocycles. The Balaban J connectivity index is 2.34. The highest BCUT2D eigenvalue weighted by atomic mass is 16.5. The van der Waals surface area contributed by atoms with Gasteiger partial charge in [-0.05, 0) is 38.0 Å². The Kier molecular flexibility index (Phi) is 7.78. The number of nitrogens with one attached hydrogen (secondary N) is 1. The van der Waals surface area contributed by atoms with Crippen LogP contribution < -0.4 is 10.1 Å². The molecule has 0 spiro atoms. The predicted octanol–water partition coefficient (Wildman–Crippen LogP) is 3.71. The summed E-state index contributed by atoms with van der Waals surface area (Å²) in [6, 6.07) is 7.99. The zero-order valence-corrected chi connectivity index (χ0v) is 12.9. The van der Waals surface area contributed by atoms with Gasteiger partial charge in [0.25, 0.3) is 0 Å². The van der Waals surface area contributed by atoms with Crippen LogP contribution in [0, 0.1) is 0 Å². The summed E-state index contributed by atoms with van der Waals surface area (Å²) in [5, 5.41) is 3.06. The number of carbonyl (C=O) groups excluding carboxylic acids is 1. The van der Waals surface area contributed by atoms with Gasteiger partial charge in [0.1, 0.15) is 5.75 Å². The second-order valence-electron chi connectivity index (χ2n) is 5.22. The predicted molar refractivity (Wildman–Crippen MR) is 83.1 cm³/mol. The monoisotopic (exact) mass is 277 g/mol. The highest BCUT2D eigenvalue weighted by Crippen LogP contribution is 2.12. The summed E-state index contributed by atoms with van der Waals surface area (Å²) in [4.78, 5) is 11.9. The molecule has 0 aliphatic rings. The molecule has 112 valence electrons. The SMILES string of the molecule is CCCCCC(C)NC(=O)Cc1ccc(OCC)cc1. The van der Waals surface area contributed by atoms with Gasteiger partial charge in [-0.1, -0.05) is 38.3 Å². The van der Waals surface area contributed by atoms with E-state index in [0.29, 0.717) is 13.0 Å². The van der Waals surface area contributed by atoms with E-state index in [2.05, 4.69) is 19.2 Å². The third-order valence-corrected chi connectivity index (χ3v) is 3.25. The Hall–Kier alpha value is -1.51. The van der Waals surface area contributed by atoms with Crippen molar-refractivity contribution in [2.24, 2.45) is 0 Å². The lowest BCUT2D eigenvalue weighted by molar-refractivity contribution is -0.121. The van der Waals surface area contributed by atoms with Crippen LogP contribution in [0.25, 0.3) is 0 Å². The molecule has 0 radical (unpaired) electrons. The third kappa shape index (κ3) is 6.60. The Morgan fingerprint density at radius 2 is 1.90 bits per heavy atom. The third-order valence-electron chi connectivity index (χ3n) is 3.25. The van der Waals surface area contributed by atoms with Crippen molar-refractivity contribution in [2.45, 2.75) is 58.9 Å². The van der Waals surface area contributed by atoms with Crippen molar-refractivity contribution in [3.8, 4) is 5.75 Å². The van der Waals surface area contributed by atoms with E-state index in [1.807, 2.05) is 31.2 Å². The van der Waals surface area contributed by atoms with Gasteiger partial charge in [-0.15, -0.1) is 0 Å². The molecular formula is C17H27NO2. The molecule has 1 unspecified atom stereocenters. The van der Waals surface area contributed by atoms with E-state index in [0.717, 1.165) is 17.7 Å². The molecule has 1 atom stereocenters. The first kappa shape index (κ1) is 16.5. The van der Waals surface area contributed by atoms with Gasteiger partial charge in [0, 0.05) is 6.04 Å². The van der Waals surface area contributed by atoms with Crippen molar-refractivity contribution >= 4 is 5.91 Å². The number of rotatable bonds is 9. The molecule has 0 fully saturated rings. The van der Waals surface area contributed by atoms with E-state index in [-0.39, 0.29) is 11.9 Å². The van der Waals surface area contributed by atoms with Crippen LogP contribution in [0.4, 0.5) is 0 Å². The summed E-state index contributed by atoms with van der Waals surface area (Å²) < 4.78 is 5.38. The van der Waals surface area contributed by atoms with Crippen LogP contribution in [0.2, 0.25) is 0 Å². The number of carbonyl (C=O) groups is 1. The fraction of sp³-hybridized carbons (Fsp3) is 0.588. The molecule has 1 aromatic rings. The zero-order chi connectivity index (χ0) is 14.8. The van der Waals surface area contributed by atoms with Crippen LogP contribution in [-0.4, -0.2) is 18.6 Å². The van der Waals surface area contributed by atoms with Gasteiger partial charge in [0.15, 0.2) is 0 Å². The molecule has 0 saturated heterocycles. The minimum absolute atomic E-state index is 0.0955. The highest BCUT2D eigenvalue weighted by molar-refractivity contribution is 5.78. The summed E-state index contributed by atoms with van der Waals surface area (Å²) in [6.07, 6.45) is 5.13. The quantitative estimate of drug-likeness (QED) is 0.699. The van der Waals surface area contributed by atoms with E-state index < -0.39 is 0 Å². The van der Waals surface area contributed by atoms with Crippen LogP contribution >= 0.6 is 0 Å². The van der Waals surface area contributed by atoms with Gasteiger partial charge in [0.05, 0.1) is 13.0 Å². The smallest absolute Gasteiger partial charge is 0.224 e. The van der Waals surface area contributed by atoms with E-state index in [1.165, 1.54) is 19.3 Å². The topological polar surface area (TPSA) is 38.3 Å². The van der Waals surface area contributed by atoms with Crippen molar-refractivity contribution < 1.29 is 9.53 Å². The van der Waals surface area contributed by atoms with Crippen molar-refractivity contribution in [1.82, 2.24) is 5.32 Å². The summed E-state index contributed by atoms with van der Waals surface area (Å²) >= 11 is 0. The zero-order valence-electron chi connectivity index (χ0n) is 12.9. The summed E-state index contributed by atoms with van der Waals surface area (Å²) in [7, 11) is 0. The van der Waals surface area contributed by atoms with Crippen molar-refractivity contribution in [2.75, 3.05) is 6.61 Å². The fourth-order valence-corrected chi connectivity index (χ4v) is 2.15. The Labute approximate surface area is 122 Å². The lowest BCUT2D eigenvalue weighted by Crippen LogP contribution is -2.33. The number of benzene rings is 1. The maximum Gasteiger partial charge on any atom is 0.224 e. The first-order valence-corrected chi connectivity index (χ1v) is 7.66. The molecule has 0 aliphatic heterocycles. The lowest BCUT2D eigenvalue weighted by atomic mass is 10.1. The van der Waals surface area contributed by atoms with E-state index in [4.69, 9.17) is 4.74 Å². The van der Waals surface area contributed by atoms with E-state index >= 15 is 0 Å². The van der Waals surface area contributed by atoms with Gasteiger partial charge >= 0.3 is 0 Å². The van der Waals surface area contributed by atoms with Gasteiger partial charge in [-0.25, -0.2) is 0 Å². The van der Waals surface area contributed by atoms with Crippen LogP contribution in [0.5, 0.6) is 5.75 Å². The standard InChI is InChI=1S/C17H27NO2/c1-4-6-7-8-14(3)18-17(19)13-15-9-11-16(12-10-15)20-5-2/h9-12,14H,4-8,13H2,1-3H3,(H,18,19). The number of ether oxygens (including phenoxy) is 1. The van der Waals surface area contributed by atoms with Gasteiger partial charge < -0.3 is 10.1 Å². The van der Waals surface area contributed by atoms with Crippen LogP contribution in [0.1, 0.15) is 52.0 Å². The molecule has 3 heteroatoms. The number of amides is 1. The summed E-state index contributed by atoms with van der Waals surface area (Å²) in [5.41, 5.74) is 1.02. The number of hydrogen-bond acceptors (Lipinski definition) is 2. The largest absolute Gasteiger partial charge is 0.494 e. The van der Waals surface area contributed by atoms with Gasteiger partial charge in [-0.2, -0.15) is 0 Å².